The molecule has 1 aromatic heterocycles. The summed E-state index contributed by atoms with van der Waals surface area (Å²) in [6.07, 6.45) is 0.684. The number of methoxy groups -OCH3 is 3. The summed E-state index contributed by atoms with van der Waals surface area (Å²) in [5.74, 6) is -0.216. The van der Waals surface area contributed by atoms with Gasteiger partial charge in [0.25, 0.3) is 5.78 Å². The number of aliphatic hydroxyl groups is 1. The summed E-state index contributed by atoms with van der Waals surface area (Å²) in [7, 11) is 4.42. The van der Waals surface area contributed by atoms with E-state index in [-0.39, 0.29) is 22.6 Å². The van der Waals surface area contributed by atoms with Crippen LogP contribution in [0.5, 0.6) is 23.0 Å². The summed E-state index contributed by atoms with van der Waals surface area (Å²) < 4.78 is 22.2. The van der Waals surface area contributed by atoms with E-state index in [1.54, 1.807) is 37.3 Å². The zero-order chi connectivity index (χ0) is 26.4. The number of carbonyl (C=O) groups excluding carboxylic acids is 2. The maximum Gasteiger partial charge on any atom is 0.301 e. The lowest BCUT2D eigenvalue weighted by Gasteiger charge is -2.24. The van der Waals surface area contributed by atoms with Crippen LogP contribution in [0.3, 0.4) is 0 Å². The lowest BCUT2D eigenvalue weighted by molar-refractivity contribution is -0.132. The first kappa shape index (κ1) is 24.6. The molecule has 10 nitrogen and oxygen atoms in total. The van der Waals surface area contributed by atoms with E-state index in [1.807, 2.05) is 6.92 Å². The minimum atomic E-state index is -1.02. The van der Waals surface area contributed by atoms with Crippen LogP contribution in [-0.2, 0) is 16.0 Å². The van der Waals surface area contributed by atoms with Crippen molar-refractivity contribution in [3.63, 3.8) is 0 Å². The largest absolute Gasteiger partial charge is 0.507 e. The minimum absolute atomic E-state index is 0.0119. The summed E-state index contributed by atoms with van der Waals surface area (Å²) in [6, 6.07) is 7.47. The number of fused-ring (bicyclic) bond motifs is 1. The van der Waals surface area contributed by atoms with Gasteiger partial charge in [-0.05, 0) is 55.3 Å². The van der Waals surface area contributed by atoms with Crippen molar-refractivity contribution < 1.29 is 33.6 Å². The average molecular weight is 524 g/mol. The first-order valence-electron chi connectivity index (χ1n) is 11.5. The Bertz CT molecular complexity index is 1420. The minimum Gasteiger partial charge on any atom is -0.507 e. The van der Waals surface area contributed by atoms with Crippen LogP contribution in [0.2, 0.25) is 0 Å². The molecule has 1 amide bonds. The van der Waals surface area contributed by atoms with Crippen molar-refractivity contribution >= 4 is 33.9 Å². The predicted molar refractivity (Wildman–Crippen MR) is 136 cm³/mol. The van der Waals surface area contributed by atoms with Gasteiger partial charge in [0.1, 0.15) is 22.6 Å². The van der Waals surface area contributed by atoms with Gasteiger partial charge in [-0.15, -0.1) is 10.2 Å². The molecule has 37 heavy (non-hydrogen) atoms. The number of nitrogens with zero attached hydrogens (tertiary/aromatic N) is 3. The maximum absolute atomic E-state index is 13.4. The van der Waals surface area contributed by atoms with Crippen LogP contribution in [0.4, 0.5) is 5.13 Å². The normalized spacial score (nSPS) is 20.1. The van der Waals surface area contributed by atoms with E-state index < -0.39 is 17.7 Å². The lowest BCUT2D eigenvalue weighted by atomic mass is 9.94. The van der Waals surface area contributed by atoms with Crippen molar-refractivity contribution in [1.82, 2.24) is 10.2 Å². The molecule has 0 radical (unpaired) electrons. The lowest BCUT2D eigenvalue weighted by Crippen LogP contribution is -2.29. The fraction of sp³-hybridized carbons (Fsp3) is 0.308. The fourth-order valence-electron chi connectivity index (χ4n) is 4.71. The van der Waals surface area contributed by atoms with Gasteiger partial charge in [-0.3, -0.25) is 14.5 Å². The van der Waals surface area contributed by atoms with Crippen LogP contribution in [0, 0.1) is 6.92 Å². The number of aromatic nitrogens is 2. The highest BCUT2D eigenvalue weighted by Gasteiger charge is 2.49. The maximum atomic E-state index is 13.4. The monoisotopic (exact) mass is 523 g/mol. The Balaban J connectivity index is 1.74. The van der Waals surface area contributed by atoms with Gasteiger partial charge < -0.3 is 24.1 Å². The number of ether oxygens (including phenoxy) is 4. The van der Waals surface area contributed by atoms with Gasteiger partial charge in [0, 0.05) is 12.0 Å². The predicted octanol–water partition coefficient (Wildman–Crippen LogP) is 3.82. The Morgan fingerprint density at radius 1 is 1.08 bits per heavy atom. The third-order valence-electron chi connectivity index (χ3n) is 6.34. The first-order valence-corrected chi connectivity index (χ1v) is 12.3. The molecule has 0 spiro atoms. The van der Waals surface area contributed by atoms with Crippen molar-refractivity contribution in [3.05, 3.63) is 57.6 Å². The second kappa shape index (κ2) is 9.40. The summed E-state index contributed by atoms with van der Waals surface area (Å²) in [4.78, 5) is 28.1. The SMILES string of the molecule is COc1cc([C@H]2C(=C(O)c3ccc4c(c3)C[C@@H](C)O4)C(=O)C(=O)N2c2nnc(C)s2)cc(OC)c1OC. The number of amides is 1. The molecule has 0 saturated carbocycles. The number of hydrogen-bond donors (Lipinski definition) is 1. The molecule has 5 rings (SSSR count). The number of aryl methyl sites for hydroxylation is 1. The van der Waals surface area contributed by atoms with Gasteiger partial charge in [0.15, 0.2) is 11.5 Å². The first-order chi connectivity index (χ1) is 17.8. The molecule has 3 heterocycles. The van der Waals surface area contributed by atoms with Crippen molar-refractivity contribution in [2.45, 2.75) is 32.4 Å². The van der Waals surface area contributed by atoms with E-state index in [0.717, 1.165) is 11.3 Å². The second-order valence-electron chi connectivity index (χ2n) is 8.69. The Morgan fingerprint density at radius 2 is 1.78 bits per heavy atom. The molecule has 0 aliphatic carbocycles. The molecule has 0 unspecified atom stereocenters. The van der Waals surface area contributed by atoms with E-state index in [0.29, 0.717) is 39.8 Å². The Labute approximate surface area is 217 Å². The quantitative estimate of drug-likeness (QED) is 0.292. The van der Waals surface area contributed by atoms with Gasteiger partial charge in [0.2, 0.25) is 10.9 Å². The molecule has 2 aromatic carbocycles. The van der Waals surface area contributed by atoms with Gasteiger partial charge in [-0.2, -0.15) is 0 Å². The molecule has 0 bridgehead atoms. The number of carbonyl (C=O) groups is 2. The summed E-state index contributed by atoms with van der Waals surface area (Å²) >= 11 is 1.17. The third-order valence-corrected chi connectivity index (χ3v) is 7.18. The molecule has 1 saturated heterocycles. The van der Waals surface area contributed by atoms with Gasteiger partial charge in [-0.25, -0.2) is 0 Å². The second-order valence-corrected chi connectivity index (χ2v) is 9.85. The zero-order valence-electron chi connectivity index (χ0n) is 20.9. The van der Waals surface area contributed by atoms with E-state index in [9.17, 15) is 14.7 Å². The Hall–Kier alpha value is -4.12. The molecule has 1 fully saturated rings. The van der Waals surface area contributed by atoms with Crippen LogP contribution in [0.1, 0.15) is 34.7 Å². The van der Waals surface area contributed by atoms with Crippen LogP contribution in [-0.4, -0.2) is 54.4 Å². The third kappa shape index (κ3) is 4.05. The number of aliphatic hydroxyl groups excluding tert-OH is 1. The zero-order valence-corrected chi connectivity index (χ0v) is 21.7. The fourth-order valence-corrected chi connectivity index (χ4v) is 5.43. The molecular weight excluding hydrogens is 498 g/mol. The van der Waals surface area contributed by atoms with Gasteiger partial charge in [0.05, 0.1) is 32.9 Å². The number of rotatable bonds is 6. The van der Waals surface area contributed by atoms with Crippen molar-refractivity contribution in [1.29, 1.82) is 0 Å². The number of hydrogen-bond acceptors (Lipinski definition) is 10. The van der Waals surface area contributed by atoms with E-state index in [4.69, 9.17) is 18.9 Å². The highest BCUT2D eigenvalue weighted by atomic mass is 32.1. The van der Waals surface area contributed by atoms with Crippen LogP contribution < -0.4 is 23.8 Å². The average Bonchev–Trinajstić information content (AvgIpc) is 3.56. The number of ketones is 1. The number of anilines is 1. The summed E-state index contributed by atoms with van der Waals surface area (Å²) in [6.45, 7) is 3.71. The van der Waals surface area contributed by atoms with Crippen molar-refractivity contribution in [3.8, 4) is 23.0 Å². The molecule has 2 aliphatic heterocycles. The molecule has 11 heteroatoms. The molecule has 3 aromatic rings. The van der Waals surface area contributed by atoms with E-state index in [1.165, 1.54) is 37.6 Å². The smallest absolute Gasteiger partial charge is 0.301 e. The topological polar surface area (TPSA) is 120 Å². The standard InChI is InChI=1S/C26H25N3O7S/c1-12-8-15-9-14(6-7-17(15)36-12)22(30)20-21(16-10-18(33-3)24(35-5)19(11-16)34-4)29(25(32)23(20)31)26-28-27-13(2)37-26/h6-7,9-12,21,30H,8H2,1-5H3/t12-,21+/m1/s1. The molecule has 2 aliphatic rings. The molecule has 192 valence electrons. The molecular formula is C26H25N3O7S. The summed E-state index contributed by atoms with van der Waals surface area (Å²) in [5.41, 5.74) is 1.69. The van der Waals surface area contributed by atoms with Crippen LogP contribution in [0.15, 0.2) is 35.9 Å². The Kier molecular flexibility index (Phi) is 6.24. The highest BCUT2D eigenvalue weighted by molar-refractivity contribution is 7.15. The van der Waals surface area contributed by atoms with E-state index in [2.05, 4.69) is 10.2 Å². The highest BCUT2D eigenvalue weighted by Crippen LogP contribution is 2.47. The molecule has 2 atom stereocenters. The van der Waals surface area contributed by atoms with Gasteiger partial charge in [-0.1, -0.05) is 11.3 Å². The van der Waals surface area contributed by atoms with Gasteiger partial charge >= 0.3 is 5.91 Å². The number of Topliss-reactive ketones (excluding diaryl/α,β-unsaturated/α-hetero) is 1. The van der Waals surface area contributed by atoms with Crippen LogP contribution >= 0.6 is 11.3 Å². The van der Waals surface area contributed by atoms with Crippen molar-refractivity contribution in [2.75, 3.05) is 26.2 Å². The molecule has 1 N–H and O–H groups in total. The van der Waals surface area contributed by atoms with Crippen molar-refractivity contribution in [2.24, 2.45) is 0 Å². The van der Waals surface area contributed by atoms with Crippen LogP contribution in [0.25, 0.3) is 5.76 Å². The Morgan fingerprint density at radius 3 is 2.38 bits per heavy atom. The summed E-state index contributed by atoms with van der Waals surface area (Å²) in [5, 5.41) is 20.5. The number of benzene rings is 2. The van der Waals surface area contributed by atoms with E-state index >= 15 is 0 Å².